The van der Waals surface area contributed by atoms with E-state index in [0.29, 0.717) is 12.6 Å². The van der Waals surface area contributed by atoms with Crippen LogP contribution in [0.5, 0.6) is 0 Å². The molecule has 1 aliphatic carbocycles. The highest BCUT2D eigenvalue weighted by molar-refractivity contribution is 5.42. The molecule has 0 amide bonds. The summed E-state index contributed by atoms with van der Waals surface area (Å²) in [4.78, 5) is 13.1. The van der Waals surface area contributed by atoms with Gasteiger partial charge in [-0.05, 0) is 19.9 Å². The van der Waals surface area contributed by atoms with Crippen molar-refractivity contribution < 1.29 is 4.92 Å². The molecule has 5 nitrogen and oxygen atoms in total. The van der Waals surface area contributed by atoms with E-state index in [4.69, 9.17) is 5.73 Å². The van der Waals surface area contributed by atoms with Crippen molar-refractivity contribution in [3.05, 3.63) is 39.9 Å². The van der Waals surface area contributed by atoms with Gasteiger partial charge in [-0.15, -0.1) is 0 Å². The van der Waals surface area contributed by atoms with Gasteiger partial charge >= 0.3 is 0 Å². The molecule has 1 aromatic rings. The molecule has 1 unspecified atom stereocenters. The smallest absolute Gasteiger partial charge is 0.274 e. The molecule has 1 aromatic carbocycles. The Kier molecular flexibility index (Phi) is 5.09. The van der Waals surface area contributed by atoms with Crippen molar-refractivity contribution >= 4 is 5.69 Å². The largest absolute Gasteiger partial charge is 0.329 e. The molecule has 20 heavy (non-hydrogen) atoms. The summed E-state index contributed by atoms with van der Waals surface area (Å²) in [5.41, 5.74) is 6.82. The first-order chi connectivity index (χ1) is 9.65. The van der Waals surface area contributed by atoms with E-state index in [0.717, 1.165) is 18.4 Å². The second-order valence-electron chi connectivity index (χ2n) is 5.52. The zero-order chi connectivity index (χ0) is 14.5. The van der Waals surface area contributed by atoms with Crippen LogP contribution in [-0.2, 0) is 0 Å². The molecule has 0 bridgehead atoms. The molecule has 0 saturated heterocycles. The molecule has 2 rings (SSSR count). The lowest BCUT2D eigenvalue weighted by atomic mass is 9.92. The van der Waals surface area contributed by atoms with Crippen LogP contribution in [0, 0.1) is 10.1 Å². The van der Waals surface area contributed by atoms with Gasteiger partial charge in [-0.25, -0.2) is 0 Å². The lowest BCUT2D eigenvalue weighted by Gasteiger charge is -2.36. The van der Waals surface area contributed by atoms with Gasteiger partial charge in [0.25, 0.3) is 5.69 Å². The molecule has 0 spiro atoms. The molecule has 1 saturated carbocycles. The molecule has 110 valence electrons. The average Bonchev–Trinajstić information content (AvgIpc) is 2.49. The first-order valence-electron chi connectivity index (χ1n) is 7.30. The number of nitrogens with zero attached hydrogens (tertiary/aromatic N) is 2. The normalized spacial score (nSPS) is 18.1. The quantitative estimate of drug-likeness (QED) is 0.663. The van der Waals surface area contributed by atoms with Crippen molar-refractivity contribution in [1.82, 2.24) is 4.90 Å². The minimum atomic E-state index is -0.313. The van der Waals surface area contributed by atoms with Crippen molar-refractivity contribution in [2.45, 2.75) is 44.2 Å². The van der Waals surface area contributed by atoms with Gasteiger partial charge in [0.2, 0.25) is 0 Å². The Bertz CT molecular complexity index is 458. The second-order valence-corrected chi connectivity index (χ2v) is 5.52. The Morgan fingerprint density at radius 3 is 2.60 bits per heavy atom. The van der Waals surface area contributed by atoms with Crippen LogP contribution in [0.15, 0.2) is 24.3 Å². The maximum absolute atomic E-state index is 11.2. The zero-order valence-corrected chi connectivity index (χ0v) is 12.0. The summed E-state index contributed by atoms with van der Waals surface area (Å²) < 4.78 is 0. The maximum Gasteiger partial charge on any atom is 0.274 e. The van der Waals surface area contributed by atoms with E-state index in [9.17, 15) is 10.1 Å². The number of nitro groups is 1. The number of nitro benzene ring substituents is 1. The van der Waals surface area contributed by atoms with E-state index in [1.807, 2.05) is 19.2 Å². The van der Waals surface area contributed by atoms with Crippen LogP contribution in [0.4, 0.5) is 5.69 Å². The van der Waals surface area contributed by atoms with E-state index in [1.54, 1.807) is 12.1 Å². The molecular weight excluding hydrogens is 254 g/mol. The van der Waals surface area contributed by atoms with Crippen LogP contribution in [0.3, 0.4) is 0 Å². The molecule has 1 aliphatic rings. The van der Waals surface area contributed by atoms with Gasteiger partial charge in [0.15, 0.2) is 0 Å². The van der Waals surface area contributed by atoms with E-state index in [-0.39, 0.29) is 16.7 Å². The number of benzene rings is 1. The number of nitrogens with two attached hydrogens (primary N) is 1. The van der Waals surface area contributed by atoms with Gasteiger partial charge in [0.1, 0.15) is 0 Å². The fourth-order valence-corrected chi connectivity index (χ4v) is 3.19. The van der Waals surface area contributed by atoms with Crippen LogP contribution < -0.4 is 5.73 Å². The van der Waals surface area contributed by atoms with Crippen molar-refractivity contribution in [2.24, 2.45) is 5.73 Å². The van der Waals surface area contributed by atoms with E-state index >= 15 is 0 Å². The second kappa shape index (κ2) is 6.81. The highest BCUT2D eigenvalue weighted by Gasteiger charge is 2.28. The van der Waals surface area contributed by atoms with E-state index in [1.165, 1.54) is 19.3 Å². The Labute approximate surface area is 119 Å². The third-order valence-corrected chi connectivity index (χ3v) is 4.36. The lowest BCUT2D eigenvalue weighted by molar-refractivity contribution is -0.386. The van der Waals surface area contributed by atoms with Crippen LogP contribution in [0.2, 0.25) is 0 Å². The van der Waals surface area contributed by atoms with Gasteiger partial charge in [0.05, 0.1) is 11.0 Å². The highest BCUT2D eigenvalue weighted by atomic mass is 16.6. The molecule has 0 radical (unpaired) electrons. The maximum atomic E-state index is 11.2. The van der Waals surface area contributed by atoms with Crippen LogP contribution >= 0.6 is 0 Å². The third kappa shape index (κ3) is 3.16. The summed E-state index contributed by atoms with van der Waals surface area (Å²) in [5.74, 6) is 0. The number of hydrogen-bond acceptors (Lipinski definition) is 4. The average molecular weight is 277 g/mol. The summed E-state index contributed by atoms with van der Waals surface area (Å²) in [6.45, 7) is 0.401. The van der Waals surface area contributed by atoms with E-state index < -0.39 is 0 Å². The topological polar surface area (TPSA) is 72.4 Å². The number of hydrogen-bond donors (Lipinski definition) is 1. The van der Waals surface area contributed by atoms with Gasteiger partial charge in [-0.3, -0.25) is 15.0 Å². The Morgan fingerprint density at radius 1 is 1.35 bits per heavy atom. The Morgan fingerprint density at radius 2 is 2.00 bits per heavy atom. The van der Waals surface area contributed by atoms with E-state index in [2.05, 4.69) is 4.90 Å². The molecule has 5 heteroatoms. The summed E-state index contributed by atoms with van der Waals surface area (Å²) in [5, 5.41) is 11.2. The molecule has 0 heterocycles. The molecule has 2 N–H and O–H groups in total. The van der Waals surface area contributed by atoms with Gasteiger partial charge in [-0.2, -0.15) is 0 Å². The van der Waals surface area contributed by atoms with Crippen LogP contribution in [0.25, 0.3) is 0 Å². The lowest BCUT2D eigenvalue weighted by Crippen LogP contribution is -2.39. The summed E-state index contributed by atoms with van der Waals surface area (Å²) in [6, 6.07) is 7.34. The van der Waals surface area contributed by atoms with Gasteiger partial charge in [0, 0.05) is 24.2 Å². The molecule has 1 fully saturated rings. The minimum Gasteiger partial charge on any atom is -0.329 e. The van der Waals surface area contributed by atoms with Crippen molar-refractivity contribution in [3.63, 3.8) is 0 Å². The van der Waals surface area contributed by atoms with Gasteiger partial charge in [-0.1, -0.05) is 37.5 Å². The molecule has 0 aliphatic heterocycles. The minimum absolute atomic E-state index is 0.0836. The monoisotopic (exact) mass is 277 g/mol. The Hall–Kier alpha value is -1.46. The number of rotatable bonds is 5. The van der Waals surface area contributed by atoms with Crippen molar-refractivity contribution in [2.75, 3.05) is 13.6 Å². The fraction of sp³-hybridized carbons (Fsp3) is 0.600. The third-order valence-electron chi connectivity index (χ3n) is 4.36. The Balaban J connectivity index is 2.25. The predicted octanol–water partition coefficient (Wildman–Crippen LogP) is 2.86. The summed E-state index contributed by atoms with van der Waals surface area (Å²) in [6.07, 6.45) is 6.09. The zero-order valence-electron chi connectivity index (χ0n) is 12.0. The van der Waals surface area contributed by atoms with Crippen molar-refractivity contribution in [1.29, 1.82) is 0 Å². The first kappa shape index (κ1) is 14.9. The first-order valence-corrected chi connectivity index (χ1v) is 7.30. The van der Waals surface area contributed by atoms with Crippen molar-refractivity contribution in [3.8, 4) is 0 Å². The van der Waals surface area contributed by atoms with Crippen LogP contribution in [-0.4, -0.2) is 29.5 Å². The standard InChI is InChI=1S/C15H23N3O2/c1-17(12-7-3-2-4-8-12)15(11-16)13-9-5-6-10-14(13)18(19)20/h5-6,9-10,12,15H,2-4,7-8,11,16H2,1H3. The molecular formula is C15H23N3O2. The van der Waals surface area contributed by atoms with Crippen LogP contribution in [0.1, 0.15) is 43.7 Å². The fourth-order valence-electron chi connectivity index (χ4n) is 3.19. The summed E-state index contributed by atoms with van der Waals surface area (Å²) in [7, 11) is 2.05. The summed E-state index contributed by atoms with van der Waals surface area (Å²) >= 11 is 0. The highest BCUT2D eigenvalue weighted by Crippen LogP contribution is 2.32. The number of likely N-dealkylation sites (N-methyl/N-ethyl adjacent to an activating group) is 1. The molecule has 1 atom stereocenters. The van der Waals surface area contributed by atoms with Gasteiger partial charge < -0.3 is 5.73 Å². The predicted molar refractivity (Wildman–Crippen MR) is 79.5 cm³/mol. The SMILES string of the molecule is CN(C1CCCCC1)C(CN)c1ccccc1[N+](=O)[O-]. The molecule has 0 aromatic heterocycles. The number of para-hydroxylation sites is 1.